The molecule has 0 radical (unpaired) electrons. The second kappa shape index (κ2) is 8.41. The highest BCUT2D eigenvalue weighted by Crippen LogP contribution is 2.59. The van der Waals surface area contributed by atoms with Gasteiger partial charge in [-0.3, -0.25) is 0 Å². The normalized spacial score (nSPS) is 30.4. The van der Waals surface area contributed by atoms with Gasteiger partial charge in [0, 0.05) is 5.56 Å². The highest BCUT2D eigenvalue weighted by Gasteiger charge is 2.58. The smallest absolute Gasteiger partial charge is 0.342 e. The van der Waals surface area contributed by atoms with Crippen LogP contribution in [0.4, 0.5) is 13.2 Å². The number of halogens is 3. The van der Waals surface area contributed by atoms with Gasteiger partial charge >= 0.3 is 15.5 Å². The first-order chi connectivity index (χ1) is 16.4. The summed E-state index contributed by atoms with van der Waals surface area (Å²) in [5.41, 5.74) is -3.02. The minimum absolute atomic E-state index is 0.0308. The molecule has 1 heterocycles. The van der Waals surface area contributed by atoms with E-state index >= 15 is 0 Å². The molecule has 188 valence electrons. The molecule has 6 atom stereocenters. The first-order valence-electron chi connectivity index (χ1n) is 10.9. The topological polar surface area (TPSA) is 98.8 Å². The zero-order chi connectivity index (χ0) is 25.2. The molecule has 2 saturated carbocycles. The Labute approximate surface area is 201 Å². The monoisotopic (exact) mass is 529 g/mol. The van der Waals surface area contributed by atoms with Gasteiger partial charge in [0.25, 0.3) is 10.0 Å². The molecule has 1 N–H and O–H groups in total. The lowest BCUT2D eigenvalue weighted by atomic mass is 9.81. The summed E-state index contributed by atoms with van der Waals surface area (Å²) in [7, 11) is -11.0. The van der Waals surface area contributed by atoms with Crippen LogP contribution in [0.15, 0.2) is 60.0 Å². The maximum atomic E-state index is 12.6. The van der Waals surface area contributed by atoms with E-state index in [0.29, 0.717) is 0 Å². The minimum Gasteiger partial charge on any atom is -0.342 e. The predicted octanol–water partition coefficient (Wildman–Crippen LogP) is 4.06. The zero-order valence-electron chi connectivity index (χ0n) is 18.2. The number of nitrogens with one attached hydrogen (secondary N) is 1. The Morgan fingerprint density at radius 2 is 1.49 bits per heavy atom. The van der Waals surface area contributed by atoms with Gasteiger partial charge < -0.3 is 9.47 Å². The van der Waals surface area contributed by atoms with Gasteiger partial charge in [-0.1, -0.05) is 53.2 Å². The summed E-state index contributed by atoms with van der Waals surface area (Å²) in [6, 6.07) is 13.0. The number of rotatable bonds is 6. The Bertz CT molecular complexity index is 1340. The van der Waals surface area contributed by atoms with Crippen molar-refractivity contribution in [2.24, 2.45) is 11.8 Å². The third kappa shape index (κ3) is 4.31. The molecule has 35 heavy (non-hydrogen) atoms. The quantitative estimate of drug-likeness (QED) is 0.606. The van der Waals surface area contributed by atoms with E-state index in [1.165, 1.54) is 12.1 Å². The first-order valence-corrected chi connectivity index (χ1v) is 13.8. The van der Waals surface area contributed by atoms with Crippen LogP contribution in [-0.2, 0) is 29.5 Å². The zero-order valence-corrected chi connectivity index (χ0v) is 19.8. The summed E-state index contributed by atoms with van der Waals surface area (Å²) in [6.45, 7) is 3.74. The third-order valence-corrected chi connectivity index (χ3v) is 10.3. The summed E-state index contributed by atoms with van der Waals surface area (Å²) in [4.78, 5) is -0.571. The van der Waals surface area contributed by atoms with Crippen molar-refractivity contribution in [1.29, 1.82) is 0 Å². The van der Waals surface area contributed by atoms with Gasteiger partial charge in [0.2, 0.25) is 0 Å². The molecule has 2 aromatic rings. The van der Waals surface area contributed by atoms with Crippen LogP contribution in [0.1, 0.15) is 41.7 Å². The molecular formula is C23H22F3NO6S2. The molecule has 2 aliphatic carbocycles. The fourth-order valence-electron chi connectivity index (χ4n) is 5.40. The summed E-state index contributed by atoms with van der Waals surface area (Å²) in [5.74, 6) is 0.485. The highest BCUT2D eigenvalue weighted by molar-refractivity contribution is 8.05. The van der Waals surface area contributed by atoms with E-state index in [4.69, 9.17) is 9.47 Å². The Kier molecular flexibility index (Phi) is 5.87. The van der Waals surface area contributed by atoms with Crippen molar-refractivity contribution in [3.05, 3.63) is 71.8 Å². The van der Waals surface area contributed by atoms with Crippen molar-refractivity contribution in [2.75, 3.05) is 0 Å². The van der Waals surface area contributed by atoms with Crippen molar-refractivity contribution < 1.29 is 39.5 Å². The van der Waals surface area contributed by atoms with Gasteiger partial charge in [-0.2, -0.15) is 13.2 Å². The molecule has 7 nitrogen and oxygen atoms in total. The average Bonchev–Trinajstić information content (AvgIpc) is 3.50. The third-order valence-electron chi connectivity index (χ3n) is 7.01. The van der Waals surface area contributed by atoms with Crippen molar-refractivity contribution in [3.8, 4) is 0 Å². The Morgan fingerprint density at radius 3 is 2.09 bits per heavy atom. The van der Waals surface area contributed by atoms with E-state index in [2.05, 4.69) is 6.58 Å². The van der Waals surface area contributed by atoms with Crippen LogP contribution < -0.4 is 4.13 Å². The van der Waals surface area contributed by atoms with Gasteiger partial charge in [-0.25, -0.2) is 16.8 Å². The lowest BCUT2D eigenvalue weighted by molar-refractivity contribution is -0.0839. The number of benzene rings is 2. The standard InChI is InChI=1S/C23H22F3NO6S2/c1-2-13-3-5-15(6-4-13)22-32-20-16-11-18(19(12-16)21(20)33-22)14-7-9-17(10-8-14)34(28,29)27-35(30,31)23(24,25)26/h2-10,16,18-22,27H,1,11-12H2. The second-order valence-electron chi connectivity index (χ2n) is 9.01. The molecule has 1 saturated heterocycles. The highest BCUT2D eigenvalue weighted by atomic mass is 32.3. The Balaban J connectivity index is 1.30. The molecule has 0 spiro atoms. The van der Waals surface area contributed by atoms with Crippen molar-refractivity contribution in [1.82, 2.24) is 4.13 Å². The molecule has 2 aromatic carbocycles. The molecule has 2 bridgehead atoms. The van der Waals surface area contributed by atoms with Gasteiger partial charge in [0.05, 0.1) is 17.1 Å². The second-order valence-corrected chi connectivity index (χ2v) is 12.6. The van der Waals surface area contributed by atoms with E-state index < -0.39 is 36.7 Å². The number of alkyl halides is 3. The van der Waals surface area contributed by atoms with E-state index in [1.54, 1.807) is 6.08 Å². The van der Waals surface area contributed by atoms with Gasteiger partial charge in [-0.05, 0) is 53.9 Å². The number of fused-ring (bicyclic) bond motifs is 5. The molecule has 12 heteroatoms. The van der Waals surface area contributed by atoms with Crippen LogP contribution in [0.2, 0.25) is 0 Å². The Morgan fingerprint density at radius 1 is 0.886 bits per heavy atom. The van der Waals surface area contributed by atoms with Gasteiger partial charge in [-0.15, -0.1) is 0 Å². The maximum absolute atomic E-state index is 12.6. The molecule has 0 amide bonds. The molecule has 0 aromatic heterocycles. The molecule has 5 rings (SSSR count). The van der Waals surface area contributed by atoms with Crippen molar-refractivity contribution in [3.63, 3.8) is 0 Å². The fraction of sp³-hybridized carbons (Fsp3) is 0.391. The maximum Gasteiger partial charge on any atom is 0.512 e. The lowest BCUT2D eigenvalue weighted by Crippen LogP contribution is -2.40. The van der Waals surface area contributed by atoms with Crippen LogP contribution in [-0.4, -0.2) is 34.6 Å². The summed E-state index contributed by atoms with van der Waals surface area (Å²) >= 11 is 0. The summed E-state index contributed by atoms with van der Waals surface area (Å²) < 4.78 is 97.8. The van der Waals surface area contributed by atoms with Crippen LogP contribution in [0.3, 0.4) is 0 Å². The predicted molar refractivity (Wildman–Crippen MR) is 120 cm³/mol. The fourth-order valence-corrected chi connectivity index (χ4v) is 7.81. The van der Waals surface area contributed by atoms with E-state index in [9.17, 15) is 30.0 Å². The number of hydrogen-bond acceptors (Lipinski definition) is 6. The molecular weight excluding hydrogens is 507 g/mol. The van der Waals surface area contributed by atoms with E-state index in [1.807, 2.05) is 24.3 Å². The van der Waals surface area contributed by atoms with Crippen LogP contribution >= 0.6 is 0 Å². The Hall–Kier alpha value is -2.25. The molecule has 6 unspecified atom stereocenters. The van der Waals surface area contributed by atoms with Crippen molar-refractivity contribution >= 4 is 26.1 Å². The minimum atomic E-state index is -6.05. The first kappa shape index (κ1) is 24.4. The van der Waals surface area contributed by atoms with E-state index in [-0.39, 0.29) is 30.0 Å². The summed E-state index contributed by atoms with van der Waals surface area (Å²) in [5, 5.41) is 0. The summed E-state index contributed by atoms with van der Waals surface area (Å²) in [6.07, 6.45) is 2.84. The van der Waals surface area contributed by atoms with Gasteiger partial charge in [0.15, 0.2) is 6.29 Å². The average molecular weight is 530 g/mol. The van der Waals surface area contributed by atoms with Gasteiger partial charge in [0.1, 0.15) is 0 Å². The number of hydrogen-bond donors (Lipinski definition) is 1. The SMILES string of the molecule is C=Cc1ccc(C2OC3C4CC(c5ccc(S(=O)(=O)NS(=O)(=O)C(F)(F)F)cc5)C(C4)C3O2)cc1. The van der Waals surface area contributed by atoms with Crippen LogP contribution in [0.5, 0.6) is 0 Å². The van der Waals surface area contributed by atoms with E-state index in [0.717, 1.165) is 45.8 Å². The number of ether oxygens (including phenoxy) is 2. The number of sulfonamides is 2. The molecule has 3 aliphatic rings. The van der Waals surface area contributed by atoms with Crippen LogP contribution in [0, 0.1) is 11.8 Å². The van der Waals surface area contributed by atoms with Crippen LogP contribution in [0.25, 0.3) is 6.08 Å². The lowest BCUT2D eigenvalue weighted by Gasteiger charge is -2.29. The largest absolute Gasteiger partial charge is 0.512 e. The van der Waals surface area contributed by atoms with Crippen molar-refractivity contribution in [2.45, 2.75) is 47.7 Å². The molecule has 3 fully saturated rings. The molecule has 1 aliphatic heterocycles.